The Kier molecular flexibility index (Phi) is 9.99. The Morgan fingerprint density at radius 3 is 2.65 bits per heavy atom. The highest BCUT2D eigenvalue weighted by Gasteiger charge is 2.36. The summed E-state index contributed by atoms with van der Waals surface area (Å²) in [6.45, 7) is 5.15. The Balaban J connectivity index is 2.10. The Morgan fingerprint density at radius 2 is 2.02 bits per heavy atom. The number of sulfonamides is 1. The molecular weight excluding hydrogens is 568 g/mol. The van der Waals surface area contributed by atoms with Crippen LogP contribution in [-0.4, -0.2) is 50.5 Å². The van der Waals surface area contributed by atoms with Crippen LogP contribution >= 0.6 is 11.6 Å². The number of allylic oxidation sites excluding steroid dienone is 2. The molecule has 1 atom stereocenters. The average molecular weight is 598 g/mol. The Morgan fingerprint density at radius 1 is 1.30 bits per heavy atom. The van der Waals surface area contributed by atoms with E-state index in [2.05, 4.69) is 6.58 Å². The molecule has 3 rings (SSSR count). The van der Waals surface area contributed by atoms with Crippen LogP contribution in [0.3, 0.4) is 0 Å². The van der Waals surface area contributed by atoms with Crippen molar-refractivity contribution in [1.82, 2.24) is 0 Å². The maximum absolute atomic E-state index is 14.2. The Hall–Kier alpha value is -3.41. The first kappa shape index (κ1) is 31.1. The fourth-order valence-electron chi connectivity index (χ4n) is 4.18. The quantitative estimate of drug-likeness (QED) is 0.180. The summed E-state index contributed by atoms with van der Waals surface area (Å²) in [5.74, 6) is -3.99. The van der Waals surface area contributed by atoms with E-state index in [1.165, 1.54) is 49.4 Å². The van der Waals surface area contributed by atoms with E-state index in [0.29, 0.717) is 5.56 Å². The minimum absolute atomic E-state index is 0.0157. The van der Waals surface area contributed by atoms with Gasteiger partial charge in [0.15, 0.2) is 0 Å². The third-order valence-corrected chi connectivity index (χ3v) is 8.34. The summed E-state index contributed by atoms with van der Waals surface area (Å²) in [7, 11) is -4.29. The van der Waals surface area contributed by atoms with Gasteiger partial charge in [-0.15, -0.1) is 0 Å². The number of ether oxygens (including phenoxy) is 2. The molecule has 0 bridgehead atoms. The van der Waals surface area contributed by atoms with E-state index in [4.69, 9.17) is 31.3 Å². The maximum atomic E-state index is 14.2. The molecule has 216 valence electrons. The van der Waals surface area contributed by atoms with E-state index in [0.717, 1.165) is 17.3 Å². The molecule has 1 aliphatic heterocycles. The van der Waals surface area contributed by atoms with E-state index >= 15 is 0 Å². The van der Waals surface area contributed by atoms with Crippen molar-refractivity contribution in [2.24, 2.45) is 0 Å². The van der Waals surface area contributed by atoms with E-state index in [1.807, 2.05) is 0 Å². The number of fused-ring (bicyclic) bond motifs is 1. The minimum atomic E-state index is -4.29. The average Bonchev–Trinajstić information content (AvgIpc) is 2.89. The number of rotatable bonds is 12. The normalized spacial score (nSPS) is 16.2. The van der Waals surface area contributed by atoms with Crippen molar-refractivity contribution in [2.45, 2.75) is 38.7 Å². The van der Waals surface area contributed by atoms with Crippen molar-refractivity contribution in [2.75, 3.05) is 24.1 Å². The molecule has 0 spiro atoms. The van der Waals surface area contributed by atoms with Gasteiger partial charge in [-0.25, -0.2) is 17.2 Å². The zero-order valence-corrected chi connectivity index (χ0v) is 23.5. The number of alkyl halides is 2. The lowest BCUT2D eigenvalue weighted by molar-refractivity contribution is -0.137. The number of carbonyl (C=O) groups is 1. The van der Waals surface area contributed by atoms with Crippen molar-refractivity contribution >= 4 is 45.4 Å². The number of anilines is 1. The number of aliphatic hydroxyl groups excluding tert-OH is 1. The van der Waals surface area contributed by atoms with Gasteiger partial charge in [0.05, 0.1) is 18.8 Å². The molecule has 40 heavy (non-hydrogen) atoms. The molecule has 1 aliphatic rings. The lowest BCUT2D eigenvalue weighted by Crippen LogP contribution is -2.44. The van der Waals surface area contributed by atoms with Gasteiger partial charge in [0.2, 0.25) is 0 Å². The van der Waals surface area contributed by atoms with E-state index in [9.17, 15) is 22.0 Å². The second kappa shape index (κ2) is 12.8. The highest BCUT2D eigenvalue weighted by atomic mass is 35.5. The zero-order valence-electron chi connectivity index (χ0n) is 21.9. The van der Waals surface area contributed by atoms with Gasteiger partial charge in [-0.3, -0.25) is 9.10 Å². The van der Waals surface area contributed by atoms with Gasteiger partial charge in [-0.05, 0) is 43.2 Å². The van der Waals surface area contributed by atoms with Gasteiger partial charge in [-0.2, -0.15) is 0 Å². The Labute approximate surface area is 236 Å². The largest absolute Gasteiger partial charge is 0.494 e. The summed E-state index contributed by atoms with van der Waals surface area (Å²) in [6.07, 6.45) is 3.13. The van der Waals surface area contributed by atoms with Gasteiger partial charge in [0.25, 0.3) is 15.9 Å². The zero-order chi connectivity index (χ0) is 29.7. The molecule has 0 saturated carbocycles. The monoisotopic (exact) mass is 597 g/mol. The maximum Gasteiger partial charge on any atom is 0.303 e. The highest BCUT2D eigenvalue weighted by Crippen LogP contribution is 2.40. The first-order valence-electron chi connectivity index (χ1n) is 12.3. The predicted octanol–water partition coefficient (Wildman–Crippen LogP) is 5.81. The summed E-state index contributed by atoms with van der Waals surface area (Å²) in [4.78, 5) is 10.9. The molecular formula is C28H30ClF2NO7S. The number of carboxylic acids is 1. The van der Waals surface area contributed by atoms with E-state index in [1.54, 1.807) is 6.07 Å². The van der Waals surface area contributed by atoms with Crippen LogP contribution in [0, 0.1) is 0 Å². The van der Waals surface area contributed by atoms with Gasteiger partial charge in [-0.1, -0.05) is 48.5 Å². The van der Waals surface area contributed by atoms with Crippen molar-refractivity contribution < 1.29 is 41.7 Å². The van der Waals surface area contributed by atoms with Crippen molar-refractivity contribution in [1.29, 1.82) is 0 Å². The standard InChI is InChI=1S/C28H30ClF2NO7S/c1-4-26(18(2)38-15-14-33)40(36,37)32-17-20(10-13-27(34)35)39-25-12-9-19(16-24(25)32)8-11-21-22(28(3,30)31)6-5-7-23(21)29/h4-9,11-12,16,20,33H,1,10,13-15,17H2,2-3H3,(H,34,35)/b11-8+,26-18-/t20-/m0/s1. The topological polar surface area (TPSA) is 113 Å². The number of hydrogen-bond acceptors (Lipinski definition) is 6. The fourth-order valence-corrected chi connectivity index (χ4v) is 6.05. The first-order valence-corrected chi connectivity index (χ1v) is 14.1. The van der Waals surface area contributed by atoms with Gasteiger partial charge in [0, 0.05) is 29.5 Å². The van der Waals surface area contributed by atoms with Crippen LogP contribution in [-0.2, 0) is 25.5 Å². The highest BCUT2D eigenvalue weighted by molar-refractivity contribution is 7.96. The molecule has 8 nitrogen and oxygen atoms in total. The van der Waals surface area contributed by atoms with E-state index in [-0.39, 0.29) is 70.9 Å². The summed E-state index contributed by atoms with van der Waals surface area (Å²) in [5.41, 5.74) is 0.483. The molecule has 0 aromatic heterocycles. The van der Waals surface area contributed by atoms with Gasteiger partial charge in [0.1, 0.15) is 29.1 Å². The summed E-state index contributed by atoms with van der Waals surface area (Å²) in [5, 5.41) is 18.3. The Bertz CT molecular complexity index is 1430. The molecule has 0 fully saturated rings. The second-order valence-electron chi connectivity index (χ2n) is 9.05. The fraction of sp³-hybridized carbons (Fsp3) is 0.321. The summed E-state index contributed by atoms with van der Waals surface area (Å²) in [6, 6.07) is 8.86. The number of hydrogen-bond donors (Lipinski definition) is 2. The van der Waals surface area contributed by atoms with Crippen molar-refractivity contribution in [3.05, 3.63) is 81.4 Å². The molecule has 12 heteroatoms. The lowest BCUT2D eigenvalue weighted by atomic mass is 10.0. The number of aliphatic hydroxyl groups is 1. The molecule has 0 amide bonds. The number of benzene rings is 2. The van der Waals surface area contributed by atoms with Crippen LogP contribution < -0.4 is 9.04 Å². The second-order valence-corrected chi connectivity index (χ2v) is 11.3. The number of aliphatic carboxylic acids is 1. The summed E-state index contributed by atoms with van der Waals surface area (Å²) < 4.78 is 68.3. The predicted molar refractivity (Wildman–Crippen MR) is 150 cm³/mol. The van der Waals surface area contributed by atoms with Crippen molar-refractivity contribution in [3.8, 4) is 5.75 Å². The van der Waals surface area contributed by atoms with Crippen LogP contribution in [0.25, 0.3) is 12.2 Å². The van der Waals surface area contributed by atoms with Gasteiger partial charge < -0.3 is 19.7 Å². The van der Waals surface area contributed by atoms with Crippen molar-refractivity contribution in [3.63, 3.8) is 0 Å². The lowest BCUT2D eigenvalue weighted by Gasteiger charge is -2.36. The molecule has 0 saturated heterocycles. The van der Waals surface area contributed by atoms with Crippen LogP contribution in [0.5, 0.6) is 5.75 Å². The first-order chi connectivity index (χ1) is 18.8. The third-order valence-electron chi connectivity index (χ3n) is 6.07. The molecule has 2 N–H and O–H groups in total. The summed E-state index contributed by atoms with van der Waals surface area (Å²) >= 11 is 6.21. The van der Waals surface area contributed by atoms with Gasteiger partial charge >= 0.3 is 5.97 Å². The third kappa shape index (κ3) is 7.21. The molecule has 2 aromatic carbocycles. The number of nitrogens with zero attached hydrogens (tertiary/aromatic N) is 1. The smallest absolute Gasteiger partial charge is 0.303 e. The van der Waals surface area contributed by atoms with E-state index < -0.39 is 28.0 Å². The molecule has 0 unspecified atom stereocenters. The molecule has 1 heterocycles. The van der Waals surface area contributed by atoms with Crippen LogP contribution in [0.15, 0.2) is 59.7 Å². The SMILES string of the molecule is C=C/C(=C(\C)OCCO)S(=O)(=O)N1C[C@H](CCC(=O)O)Oc2ccc(/C=C/c3c(Cl)cccc3C(C)(F)F)cc21. The molecule has 0 aliphatic carbocycles. The van der Waals surface area contributed by atoms with Crippen LogP contribution in [0.1, 0.15) is 43.4 Å². The minimum Gasteiger partial charge on any atom is -0.494 e. The van der Waals surface area contributed by atoms with Crippen LogP contribution in [0.4, 0.5) is 14.5 Å². The number of halogens is 3. The molecule has 0 radical (unpaired) electrons. The van der Waals surface area contributed by atoms with Crippen LogP contribution in [0.2, 0.25) is 5.02 Å². The number of carboxylic acid groups (broad SMARTS) is 1. The molecule has 2 aromatic rings.